The number of carbonyl (C=O) groups is 2. The molecule has 2 rings (SSSR count). The molecule has 1 aliphatic rings. The minimum absolute atomic E-state index is 0. The Hall–Kier alpha value is -1.59. The molecule has 0 bridgehead atoms. The van der Waals surface area contributed by atoms with Gasteiger partial charge in [-0.25, -0.2) is 0 Å². The van der Waals surface area contributed by atoms with Gasteiger partial charge in [-0.15, -0.1) is 12.4 Å². The second-order valence-electron chi connectivity index (χ2n) is 5.73. The summed E-state index contributed by atoms with van der Waals surface area (Å²) in [5, 5.41) is 0. The number of nitrogens with two attached hydrogens (primary N) is 2. The molecule has 0 aromatic heterocycles. The number of piperidine rings is 1. The first-order chi connectivity index (χ1) is 10.0. The quantitative estimate of drug-likeness (QED) is 0.878. The predicted octanol–water partition coefficient (Wildman–Crippen LogP) is 1.47. The van der Waals surface area contributed by atoms with Crippen molar-refractivity contribution in [2.75, 3.05) is 13.1 Å². The number of rotatable bonds is 4. The summed E-state index contributed by atoms with van der Waals surface area (Å²) in [4.78, 5) is 25.5. The predicted molar refractivity (Wildman–Crippen MR) is 88.3 cm³/mol. The van der Waals surface area contributed by atoms with Crippen LogP contribution >= 0.6 is 12.4 Å². The van der Waals surface area contributed by atoms with Crippen molar-refractivity contribution in [2.45, 2.75) is 25.8 Å². The molecule has 1 saturated heterocycles. The summed E-state index contributed by atoms with van der Waals surface area (Å²) in [7, 11) is 0. The molecule has 2 unspecified atom stereocenters. The van der Waals surface area contributed by atoms with Crippen molar-refractivity contribution in [3.8, 4) is 0 Å². The van der Waals surface area contributed by atoms with E-state index in [2.05, 4.69) is 0 Å². The summed E-state index contributed by atoms with van der Waals surface area (Å²) in [6.07, 6.45) is 1.29. The van der Waals surface area contributed by atoms with E-state index in [1.54, 1.807) is 4.90 Å². The largest absolute Gasteiger partial charge is 0.369 e. The monoisotopic (exact) mass is 325 g/mol. The normalized spacial score (nSPS) is 18.2. The Morgan fingerprint density at radius 3 is 2.23 bits per heavy atom. The lowest BCUT2D eigenvalue weighted by Gasteiger charge is -2.33. The maximum absolute atomic E-state index is 12.5. The molecule has 1 aromatic carbocycles. The van der Waals surface area contributed by atoms with Crippen molar-refractivity contribution in [3.05, 3.63) is 35.9 Å². The Bertz CT molecular complexity index is 501. The highest BCUT2D eigenvalue weighted by Crippen LogP contribution is 2.24. The lowest BCUT2D eigenvalue weighted by Crippen LogP contribution is -2.45. The van der Waals surface area contributed by atoms with E-state index in [4.69, 9.17) is 11.5 Å². The van der Waals surface area contributed by atoms with E-state index in [0.29, 0.717) is 25.9 Å². The number of hydrogen-bond acceptors (Lipinski definition) is 3. The average Bonchev–Trinajstić information content (AvgIpc) is 2.53. The fourth-order valence-corrected chi connectivity index (χ4v) is 2.79. The van der Waals surface area contributed by atoms with Gasteiger partial charge in [0, 0.05) is 25.0 Å². The van der Waals surface area contributed by atoms with Gasteiger partial charge in [0.25, 0.3) is 0 Å². The van der Waals surface area contributed by atoms with E-state index >= 15 is 0 Å². The zero-order chi connectivity index (χ0) is 15.4. The number of hydrogen-bond donors (Lipinski definition) is 2. The van der Waals surface area contributed by atoms with Crippen molar-refractivity contribution in [2.24, 2.45) is 23.3 Å². The Labute approximate surface area is 137 Å². The smallest absolute Gasteiger partial charge is 0.227 e. The van der Waals surface area contributed by atoms with Crippen LogP contribution in [0.25, 0.3) is 0 Å². The molecule has 122 valence electrons. The summed E-state index contributed by atoms with van der Waals surface area (Å²) < 4.78 is 0. The lowest BCUT2D eigenvalue weighted by molar-refractivity contribution is -0.138. The topological polar surface area (TPSA) is 89.4 Å². The van der Waals surface area contributed by atoms with Crippen LogP contribution in [-0.2, 0) is 9.59 Å². The van der Waals surface area contributed by atoms with Crippen LogP contribution in [0.2, 0.25) is 0 Å². The molecule has 1 heterocycles. The number of nitrogens with zero attached hydrogens (tertiary/aromatic N) is 1. The number of primary amides is 1. The third-order valence-electron chi connectivity index (χ3n) is 4.32. The molecule has 1 fully saturated rings. The van der Waals surface area contributed by atoms with Gasteiger partial charge in [-0.1, -0.05) is 37.3 Å². The van der Waals surface area contributed by atoms with E-state index in [0.717, 1.165) is 5.56 Å². The highest BCUT2D eigenvalue weighted by Gasteiger charge is 2.30. The highest BCUT2D eigenvalue weighted by atomic mass is 35.5. The summed E-state index contributed by atoms with van der Waals surface area (Å²) >= 11 is 0. The van der Waals surface area contributed by atoms with Gasteiger partial charge in [-0.3, -0.25) is 9.59 Å². The van der Waals surface area contributed by atoms with Gasteiger partial charge in [0.05, 0.1) is 5.92 Å². The van der Waals surface area contributed by atoms with Crippen LogP contribution in [0.5, 0.6) is 0 Å². The Morgan fingerprint density at radius 1 is 1.18 bits per heavy atom. The Balaban J connectivity index is 0.00000242. The average molecular weight is 326 g/mol. The van der Waals surface area contributed by atoms with Crippen molar-refractivity contribution in [1.29, 1.82) is 0 Å². The van der Waals surface area contributed by atoms with E-state index in [-0.39, 0.29) is 42.1 Å². The van der Waals surface area contributed by atoms with Gasteiger partial charge < -0.3 is 16.4 Å². The number of halogens is 1. The fourth-order valence-electron chi connectivity index (χ4n) is 2.79. The summed E-state index contributed by atoms with van der Waals surface area (Å²) in [6, 6.07) is 9.33. The molecule has 6 heteroatoms. The summed E-state index contributed by atoms with van der Waals surface area (Å²) in [5.41, 5.74) is 12.5. The van der Waals surface area contributed by atoms with E-state index in [1.807, 2.05) is 37.3 Å². The molecule has 5 nitrogen and oxygen atoms in total. The van der Waals surface area contributed by atoms with Gasteiger partial charge in [-0.05, 0) is 18.4 Å². The lowest BCUT2D eigenvalue weighted by atomic mass is 9.91. The molecule has 2 atom stereocenters. The Kier molecular flexibility index (Phi) is 6.84. The molecule has 22 heavy (non-hydrogen) atoms. The minimum atomic E-state index is -0.312. The van der Waals surface area contributed by atoms with Gasteiger partial charge in [0.2, 0.25) is 11.8 Å². The molecule has 0 aliphatic carbocycles. The first kappa shape index (κ1) is 18.5. The highest BCUT2D eigenvalue weighted by molar-refractivity contribution is 5.85. The first-order valence-corrected chi connectivity index (χ1v) is 7.39. The number of carbonyl (C=O) groups excluding carboxylic acids is 2. The van der Waals surface area contributed by atoms with Crippen LogP contribution in [0.1, 0.15) is 31.4 Å². The van der Waals surface area contributed by atoms with Crippen LogP contribution in [0.15, 0.2) is 30.3 Å². The third-order valence-corrected chi connectivity index (χ3v) is 4.32. The van der Waals surface area contributed by atoms with Gasteiger partial charge in [-0.2, -0.15) is 0 Å². The van der Waals surface area contributed by atoms with Gasteiger partial charge in [0.15, 0.2) is 0 Å². The maximum Gasteiger partial charge on any atom is 0.227 e. The zero-order valence-electron chi connectivity index (χ0n) is 12.8. The molecule has 4 N–H and O–H groups in total. The SMILES string of the molecule is CC(C(=O)N1CCC(C(N)=O)CC1)C(N)c1ccccc1.Cl. The van der Waals surface area contributed by atoms with Crippen molar-refractivity contribution in [3.63, 3.8) is 0 Å². The molecule has 1 aliphatic heterocycles. The second kappa shape index (κ2) is 8.15. The number of likely N-dealkylation sites (tertiary alicyclic amines) is 1. The summed E-state index contributed by atoms with van der Waals surface area (Å²) in [5.74, 6) is -0.602. The summed E-state index contributed by atoms with van der Waals surface area (Å²) in [6.45, 7) is 3.02. The molecule has 0 saturated carbocycles. The van der Waals surface area contributed by atoms with Crippen LogP contribution < -0.4 is 11.5 Å². The molecular formula is C16H24ClN3O2. The zero-order valence-corrected chi connectivity index (χ0v) is 13.6. The standard InChI is InChI=1S/C16H23N3O2.ClH/c1-11(14(17)12-5-3-2-4-6-12)16(21)19-9-7-13(8-10-19)15(18)20;/h2-6,11,13-14H,7-10,17H2,1H3,(H2,18,20);1H. The van der Waals surface area contributed by atoms with Crippen LogP contribution in [-0.4, -0.2) is 29.8 Å². The van der Waals surface area contributed by atoms with Gasteiger partial charge >= 0.3 is 0 Å². The molecular weight excluding hydrogens is 302 g/mol. The fraction of sp³-hybridized carbons (Fsp3) is 0.500. The maximum atomic E-state index is 12.5. The van der Waals surface area contributed by atoms with E-state index in [9.17, 15) is 9.59 Å². The van der Waals surface area contributed by atoms with Crippen LogP contribution in [0.4, 0.5) is 0 Å². The third kappa shape index (κ3) is 4.21. The van der Waals surface area contributed by atoms with Crippen molar-refractivity contribution in [1.82, 2.24) is 4.90 Å². The van der Waals surface area contributed by atoms with Crippen molar-refractivity contribution >= 4 is 24.2 Å². The minimum Gasteiger partial charge on any atom is -0.369 e. The molecule has 2 amide bonds. The number of amides is 2. The second-order valence-corrected chi connectivity index (χ2v) is 5.73. The first-order valence-electron chi connectivity index (χ1n) is 7.39. The Morgan fingerprint density at radius 2 is 1.73 bits per heavy atom. The number of benzene rings is 1. The van der Waals surface area contributed by atoms with Crippen molar-refractivity contribution < 1.29 is 9.59 Å². The van der Waals surface area contributed by atoms with E-state index in [1.165, 1.54) is 0 Å². The van der Waals surface area contributed by atoms with E-state index < -0.39 is 0 Å². The van der Waals surface area contributed by atoms with Crippen LogP contribution in [0, 0.1) is 11.8 Å². The van der Waals surface area contributed by atoms with Crippen LogP contribution in [0.3, 0.4) is 0 Å². The van der Waals surface area contributed by atoms with Gasteiger partial charge in [0.1, 0.15) is 0 Å². The molecule has 0 radical (unpaired) electrons. The molecule has 0 spiro atoms. The molecule has 1 aromatic rings.